The van der Waals surface area contributed by atoms with Gasteiger partial charge in [0.05, 0.1) is 11.9 Å². The standard InChI is InChI=1S/C22H19FN5O5P/c1-3-21(29)27-17-6-15(9-24-11-17)16-7-18-19(14-4-5-25-20(23)8-14)12-28(22(18)26-10-16)13(2)33-34(30,31)32/h3-13H,1H2,2H3,(H,27,29)(H2,30,31,32). The first-order valence-corrected chi connectivity index (χ1v) is 11.4. The number of anilines is 1. The monoisotopic (exact) mass is 483 g/mol. The van der Waals surface area contributed by atoms with Crippen molar-refractivity contribution in [3.05, 3.63) is 73.9 Å². The molecule has 0 aliphatic heterocycles. The number of carbonyl (C=O) groups is 1. The van der Waals surface area contributed by atoms with Crippen molar-refractivity contribution in [2.75, 3.05) is 5.32 Å². The number of hydrogen-bond donors (Lipinski definition) is 3. The van der Waals surface area contributed by atoms with E-state index in [0.717, 1.165) is 6.08 Å². The second-order valence-electron chi connectivity index (χ2n) is 7.26. The summed E-state index contributed by atoms with van der Waals surface area (Å²) in [6.45, 7) is 4.88. The molecule has 174 valence electrons. The summed E-state index contributed by atoms with van der Waals surface area (Å²) in [6, 6.07) is 6.34. The van der Waals surface area contributed by atoms with Gasteiger partial charge in [0.1, 0.15) is 11.9 Å². The first kappa shape index (κ1) is 23.4. The van der Waals surface area contributed by atoms with Crippen molar-refractivity contribution in [3.63, 3.8) is 0 Å². The number of nitrogens with zero attached hydrogens (tertiary/aromatic N) is 4. The van der Waals surface area contributed by atoms with E-state index in [4.69, 9.17) is 4.52 Å². The van der Waals surface area contributed by atoms with Crippen LogP contribution in [0.2, 0.25) is 0 Å². The highest BCUT2D eigenvalue weighted by molar-refractivity contribution is 7.46. The van der Waals surface area contributed by atoms with Crippen LogP contribution in [0.4, 0.5) is 10.1 Å². The molecular weight excluding hydrogens is 464 g/mol. The summed E-state index contributed by atoms with van der Waals surface area (Å²) < 4.78 is 31.5. The third-order valence-electron chi connectivity index (χ3n) is 4.91. The first-order chi connectivity index (χ1) is 16.1. The van der Waals surface area contributed by atoms with Crippen LogP contribution in [0.1, 0.15) is 13.2 Å². The van der Waals surface area contributed by atoms with Gasteiger partial charge in [0, 0.05) is 52.9 Å². The quantitative estimate of drug-likeness (QED) is 0.203. The normalized spacial score (nSPS) is 12.5. The summed E-state index contributed by atoms with van der Waals surface area (Å²) >= 11 is 0. The van der Waals surface area contributed by atoms with Crippen LogP contribution in [0.3, 0.4) is 0 Å². The summed E-state index contributed by atoms with van der Waals surface area (Å²) in [4.78, 5) is 42.3. The zero-order chi connectivity index (χ0) is 24.5. The summed E-state index contributed by atoms with van der Waals surface area (Å²) in [5, 5.41) is 3.21. The lowest BCUT2D eigenvalue weighted by Crippen LogP contribution is -2.07. The summed E-state index contributed by atoms with van der Waals surface area (Å²) in [6.07, 6.45) is 7.60. The van der Waals surface area contributed by atoms with Crippen LogP contribution in [0, 0.1) is 5.95 Å². The maximum Gasteiger partial charge on any atom is 0.471 e. The Hall–Kier alpha value is -3.76. The molecular formula is C22H19FN5O5P. The third-order valence-corrected chi connectivity index (χ3v) is 5.49. The van der Waals surface area contributed by atoms with E-state index in [1.54, 1.807) is 36.8 Å². The molecule has 4 aromatic heterocycles. The number of halogens is 1. The molecule has 1 unspecified atom stereocenters. The molecule has 0 aromatic carbocycles. The van der Waals surface area contributed by atoms with Crippen LogP contribution in [-0.2, 0) is 13.9 Å². The number of carbonyl (C=O) groups excluding carboxylic acids is 1. The van der Waals surface area contributed by atoms with E-state index in [9.17, 15) is 23.5 Å². The Labute approximate surface area is 193 Å². The second-order valence-corrected chi connectivity index (χ2v) is 8.46. The maximum atomic E-state index is 13.9. The smallest absolute Gasteiger partial charge is 0.321 e. The van der Waals surface area contributed by atoms with Crippen molar-refractivity contribution in [2.24, 2.45) is 0 Å². The molecule has 0 aliphatic carbocycles. The van der Waals surface area contributed by atoms with Gasteiger partial charge in [0.25, 0.3) is 0 Å². The van der Waals surface area contributed by atoms with E-state index in [0.29, 0.717) is 39.0 Å². The van der Waals surface area contributed by atoms with E-state index in [1.807, 2.05) is 0 Å². The van der Waals surface area contributed by atoms with Gasteiger partial charge in [-0.15, -0.1) is 0 Å². The lowest BCUT2D eigenvalue weighted by molar-refractivity contribution is -0.111. The van der Waals surface area contributed by atoms with Crippen LogP contribution in [-0.4, -0.2) is 35.2 Å². The molecule has 10 nitrogen and oxygen atoms in total. The summed E-state index contributed by atoms with van der Waals surface area (Å²) in [5.74, 6) is -1.07. The maximum absolute atomic E-state index is 13.9. The predicted octanol–water partition coefficient (Wildman–Crippen LogP) is 4.05. The van der Waals surface area contributed by atoms with Crippen molar-refractivity contribution in [1.82, 2.24) is 19.5 Å². The molecule has 3 N–H and O–H groups in total. The van der Waals surface area contributed by atoms with Crippen LogP contribution >= 0.6 is 7.82 Å². The first-order valence-electron chi connectivity index (χ1n) is 9.90. The van der Waals surface area contributed by atoms with Crippen LogP contribution in [0.15, 0.2) is 67.9 Å². The predicted molar refractivity (Wildman–Crippen MR) is 123 cm³/mol. The molecule has 0 fully saturated rings. The highest BCUT2D eigenvalue weighted by Crippen LogP contribution is 2.42. The van der Waals surface area contributed by atoms with Crippen molar-refractivity contribution in [1.29, 1.82) is 0 Å². The number of hydrogen-bond acceptors (Lipinski definition) is 6. The Morgan fingerprint density at radius 3 is 2.68 bits per heavy atom. The van der Waals surface area contributed by atoms with E-state index >= 15 is 0 Å². The van der Waals surface area contributed by atoms with Crippen molar-refractivity contribution in [3.8, 4) is 22.3 Å². The van der Waals surface area contributed by atoms with Gasteiger partial charge in [-0.2, -0.15) is 4.39 Å². The Balaban J connectivity index is 1.86. The fourth-order valence-electron chi connectivity index (χ4n) is 3.48. The van der Waals surface area contributed by atoms with Crippen molar-refractivity contribution in [2.45, 2.75) is 13.2 Å². The molecule has 4 rings (SSSR count). The Morgan fingerprint density at radius 2 is 1.97 bits per heavy atom. The molecule has 1 amide bonds. The van der Waals surface area contributed by atoms with Crippen molar-refractivity contribution < 1.29 is 28.1 Å². The Kier molecular flexibility index (Phi) is 6.36. The zero-order valence-electron chi connectivity index (χ0n) is 17.8. The topological polar surface area (TPSA) is 139 Å². The number of pyridine rings is 3. The number of phosphoric acid groups is 1. The molecule has 1 atom stereocenters. The molecule has 4 aromatic rings. The number of fused-ring (bicyclic) bond motifs is 1. The van der Waals surface area contributed by atoms with Crippen molar-refractivity contribution >= 4 is 30.5 Å². The molecule has 4 heterocycles. The van der Waals surface area contributed by atoms with E-state index in [2.05, 4.69) is 26.8 Å². The van der Waals surface area contributed by atoms with E-state index < -0.39 is 20.0 Å². The van der Waals surface area contributed by atoms with Gasteiger partial charge in [0.2, 0.25) is 11.9 Å². The number of amides is 1. The highest BCUT2D eigenvalue weighted by Gasteiger charge is 2.23. The fourth-order valence-corrected chi connectivity index (χ4v) is 3.97. The van der Waals surface area contributed by atoms with E-state index in [-0.39, 0.29) is 5.91 Å². The van der Waals surface area contributed by atoms with Crippen LogP contribution < -0.4 is 5.32 Å². The number of rotatable bonds is 7. The molecule has 12 heteroatoms. The molecule has 0 saturated carbocycles. The third kappa shape index (κ3) is 5.08. The second kappa shape index (κ2) is 9.24. The van der Waals surface area contributed by atoms with Crippen LogP contribution in [0.25, 0.3) is 33.3 Å². The van der Waals surface area contributed by atoms with Gasteiger partial charge >= 0.3 is 7.82 Å². The van der Waals surface area contributed by atoms with Crippen LogP contribution in [0.5, 0.6) is 0 Å². The SMILES string of the molecule is C=CC(=O)Nc1cncc(-c2cnc3c(c2)c(-c2ccnc(F)c2)cn3C(C)OP(=O)(O)O)c1. The Morgan fingerprint density at radius 1 is 1.21 bits per heavy atom. The van der Waals surface area contributed by atoms with Gasteiger partial charge in [-0.1, -0.05) is 6.58 Å². The molecule has 0 saturated heterocycles. The van der Waals surface area contributed by atoms with Gasteiger partial charge in [0.15, 0.2) is 0 Å². The minimum absolute atomic E-state index is 0.362. The minimum atomic E-state index is -4.78. The molecule has 34 heavy (non-hydrogen) atoms. The average molecular weight is 483 g/mol. The van der Waals surface area contributed by atoms with E-state index in [1.165, 1.54) is 30.0 Å². The number of phosphoric ester groups is 1. The summed E-state index contributed by atoms with van der Waals surface area (Å²) in [7, 11) is -4.78. The lowest BCUT2D eigenvalue weighted by atomic mass is 10.0. The Bertz CT molecular complexity index is 1450. The molecule has 0 bridgehead atoms. The van der Waals surface area contributed by atoms with Gasteiger partial charge < -0.3 is 19.7 Å². The fraction of sp³-hybridized carbons (Fsp3) is 0.0909. The minimum Gasteiger partial charge on any atom is -0.321 e. The number of aromatic nitrogens is 4. The highest BCUT2D eigenvalue weighted by atomic mass is 31.2. The lowest BCUT2D eigenvalue weighted by Gasteiger charge is -2.16. The summed E-state index contributed by atoms with van der Waals surface area (Å²) in [5.41, 5.74) is 3.16. The van der Waals surface area contributed by atoms with Gasteiger partial charge in [-0.3, -0.25) is 14.3 Å². The molecule has 0 radical (unpaired) electrons. The van der Waals surface area contributed by atoms with Gasteiger partial charge in [-0.05, 0) is 36.8 Å². The average Bonchev–Trinajstić information content (AvgIpc) is 3.17. The number of nitrogens with one attached hydrogen (secondary N) is 1. The molecule has 0 aliphatic rings. The van der Waals surface area contributed by atoms with Gasteiger partial charge in [-0.25, -0.2) is 14.5 Å². The molecule has 0 spiro atoms. The zero-order valence-corrected chi connectivity index (χ0v) is 18.7. The largest absolute Gasteiger partial charge is 0.471 e.